The van der Waals surface area contributed by atoms with Crippen LogP contribution in [0.2, 0.25) is 0 Å². The summed E-state index contributed by atoms with van der Waals surface area (Å²) >= 11 is 0. The van der Waals surface area contributed by atoms with Gasteiger partial charge in [-0.15, -0.1) is 0 Å². The second-order valence-corrected chi connectivity index (χ2v) is 19.9. The van der Waals surface area contributed by atoms with E-state index < -0.39 is 6.10 Å². The molecule has 0 N–H and O–H groups in total. The molecule has 0 aliphatic rings. The average molecular weight is 978 g/mol. The lowest BCUT2D eigenvalue weighted by atomic mass is 10.0. The highest BCUT2D eigenvalue weighted by Gasteiger charge is 2.19. The number of unbranched alkanes of at least 4 members (excludes halogenated alkanes) is 31. The van der Waals surface area contributed by atoms with Gasteiger partial charge in [0.05, 0.1) is 0 Å². The molecular formula is C64H112O6. The molecular weight excluding hydrogens is 865 g/mol. The van der Waals surface area contributed by atoms with E-state index in [4.69, 9.17) is 14.2 Å². The van der Waals surface area contributed by atoms with Crippen LogP contribution in [0.3, 0.4) is 0 Å². The zero-order chi connectivity index (χ0) is 50.7. The summed E-state index contributed by atoms with van der Waals surface area (Å²) in [5, 5.41) is 0. The highest BCUT2D eigenvalue weighted by atomic mass is 16.6. The van der Waals surface area contributed by atoms with Crippen LogP contribution in [0.4, 0.5) is 0 Å². The lowest BCUT2D eigenvalue weighted by Gasteiger charge is -2.18. The molecule has 0 unspecified atom stereocenters. The summed E-state index contributed by atoms with van der Waals surface area (Å²) < 4.78 is 16.9. The average Bonchev–Trinajstić information content (AvgIpc) is 3.36. The molecule has 6 heteroatoms. The monoisotopic (exact) mass is 977 g/mol. The van der Waals surface area contributed by atoms with Gasteiger partial charge in [-0.25, -0.2) is 0 Å². The van der Waals surface area contributed by atoms with Gasteiger partial charge >= 0.3 is 17.9 Å². The first kappa shape index (κ1) is 66.9. The van der Waals surface area contributed by atoms with E-state index in [1.165, 1.54) is 154 Å². The Morgan fingerprint density at radius 2 is 0.514 bits per heavy atom. The van der Waals surface area contributed by atoms with Crippen molar-refractivity contribution in [3.8, 4) is 0 Å². The standard InChI is InChI=1S/C64H112O6/c1-4-7-10-13-16-19-22-25-28-30-32-34-36-39-42-45-48-51-54-57-63(66)69-60-61(59-68-62(65)56-53-50-47-44-41-38-35-27-24-21-18-15-12-9-6-3)70-64(67)58-55-52-49-46-43-40-37-33-31-29-26-23-20-17-14-11-8-5-2/h16,18-19,21,25,27-28,32,34-35,39,42,61H,4-15,17,20,22-24,26,29-31,33,36-38,40-41,43-60H2,1-3H3/b19-16-,21-18-,28-25-,34-32-,35-27-,42-39-/t61-/m1/s1. The van der Waals surface area contributed by atoms with Gasteiger partial charge in [0.25, 0.3) is 0 Å². The van der Waals surface area contributed by atoms with E-state index in [0.717, 1.165) is 103 Å². The molecule has 0 aromatic rings. The van der Waals surface area contributed by atoms with Crippen LogP contribution in [-0.2, 0) is 28.6 Å². The van der Waals surface area contributed by atoms with Gasteiger partial charge in [-0.05, 0) is 96.3 Å². The van der Waals surface area contributed by atoms with Crippen LogP contribution in [0.5, 0.6) is 0 Å². The fourth-order valence-electron chi connectivity index (χ4n) is 8.40. The maximum atomic E-state index is 12.9. The topological polar surface area (TPSA) is 78.9 Å². The largest absolute Gasteiger partial charge is 0.462 e. The molecule has 0 aromatic heterocycles. The normalized spacial score (nSPS) is 12.6. The Kier molecular flexibility index (Phi) is 55.8. The van der Waals surface area contributed by atoms with Crippen LogP contribution in [0.15, 0.2) is 72.9 Å². The maximum Gasteiger partial charge on any atom is 0.306 e. The predicted octanol–water partition coefficient (Wildman–Crippen LogP) is 20.2. The first-order valence-electron chi connectivity index (χ1n) is 29.9. The quantitative estimate of drug-likeness (QED) is 0.0261. The molecule has 0 spiro atoms. The van der Waals surface area contributed by atoms with Gasteiger partial charge in [0.1, 0.15) is 13.2 Å². The van der Waals surface area contributed by atoms with Crippen molar-refractivity contribution in [2.24, 2.45) is 0 Å². The van der Waals surface area contributed by atoms with Gasteiger partial charge in [-0.2, -0.15) is 0 Å². The first-order valence-corrected chi connectivity index (χ1v) is 29.9. The fraction of sp³-hybridized carbons (Fsp3) is 0.766. The van der Waals surface area contributed by atoms with Crippen molar-refractivity contribution in [1.29, 1.82) is 0 Å². The van der Waals surface area contributed by atoms with Gasteiger partial charge in [-0.3, -0.25) is 14.4 Å². The molecule has 0 rings (SSSR count). The number of ether oxygens (including phenoxy) is 3. The SMILES string of the molecule is CCCCC/C=C\C/C=C\C/C=C\C/C=C\CCCCCC(=O)OC[C@@H](COC(=O)CCCCCCC/C=C\C/C=C\CCCCC)OC(=O)CCCCCCCCCCCCCCCCCCCC. The minimum absolute atomic E-state index is 0.0910. The molecule has 70 heavy (non-hydrogen) atoms. The highest BCUT2D eigenvalue weighted by Crippen LogP contribution is 2.16. The van der Waals surface area contributed by atoms with E-state index in [2.05, 4.69) is 93.7 Å². The highest BCUT2D eigenvalue weighted by molar-refractivity contribution is 5.71. The lowest BCUT2D eigenvalue weighted by molar-refractivity contribution is -0.167. The van der Waals surface area contributed by atoms with Crippen molar-refractivity contribution in [2.45, 2.75) is 303 Å². The number of hydrogen-bond donors (Lipinski definition) is 0. The molecule has 0 aromatic carbocycles. The Morgan fingerprint density at radius 1 is 0.286 bits per heavy atom. The van der Waals surface area contributed by atoms with Crippen molar-refractivity contribution >= 4 is 17.9 Å². The molecule has 1 atom stereocenters. The summed E-state index contributed by atoms with van der Waals surface area (Å²) in [5.74, 6) is -0.923. The molecule has 0 saturated heterocycles. The van der Waals surface area contributed by atoms with E-state index >= 15 is 0 Å². The van der Waals surface area contributed by atoms with Crippen molar-refractivity contribution in [2.75, 3.05) is 13.2 Å². The van der Waals surface area contributed by atoms with E-state index in [0.29, 0.717) is 19.3 Å². The molecule has 0 aliphatic carbocycles. The fourth-order valence-corrected chi connectivity index (χ4v) is 8.40. The molecule has 6 nitrogen and oxygen atoms in total. The van der Waals surface area contributed by atoms with Crippen LogP contribution in [-0.4, -0.2) is 37.2 Å². The molecule has 0 bridgehead atoms. The third-order valence-corrected chi connectivity index (χ3v) is 12.9. The van der Waals surface area contributed by atoms with Crippen molar-refractivity contribution in [1.82, 2.24) is 0 Å². The first-order chi connectivity index (χ1) is 34.5. The van der Waals surface area contributed by atoms with Crippen LogP contribution in [0.25, 0.3) is 0 Å². The minimum Gasteiger partial charge on any atom is -0.462 e. The summed E-state index contributed by atoms with van der Waals surface area (Å²) in [5.41, 5.74) is 0. The van der Waals surface area contributed by atoms with Crippen molar-refractivity contribution in [3.05, 3.63) is 72.9 Å². The Balaban J connectivity index is 4.44. The van der Waals surface area contributed by atoms with E-state index in [9.17, 15) is 14.4 Å². The van der Waals surface area contributed by atoms with Crippen molar-refractivity contribution < 1.29 is 28.6 Å². The summed E-state index contributed by atoms with van der Waals surface area (Å²) in [6.45, 7) is 6.58. The van der Waals surface area contributed by atoms with Crippen LogP contribution in [0.1, 0.15) is 297 Å². The van der Waals surface area contributed by atoms with E-state index in [1.54, 1.807) is 0 Å². The Morgan fingerprint density at radius 3 is 0.843 bits per heavy atom. The number of carbonyl (C=O) groups is 3. The van der Waals surface area contributed by atoms with Gasteiger partial charge < -0.3 is 14.2 Å². The second-order valence-electron chi connectivity index (χ2n) is 19.9. The molecule has 0 aliphatic heterocycles. The zero-order valence-corrected chi connectivity index (χ0v) is 46.3. The third-order valence-electron chi connectivity index (χ3n) is 12.9. The maximum absolute atomic E-state index is 12.9. The molecule has 404 valence electrons. The summed E-state index contributed by atoms with van der Waals surface area (Å²) in [7, 11) is 0. The third kappa shape index (κ3) is 55.8. The zero-order valence-electron chi connectivity index (χ0n) is 46.3. The number of esters is 3. The lowest BCUT2D eigenvalue weighted by Crippen LogP contribution is -2.30. The number of rotatable bonds is 54. The number of carbonyl (C=O) groups excluding carboxylic acids is 3. The Bertz CT molecular complexity index is 1310. The predicted molar refractivity (Wildman–Crippen MR) is 302 cm³/mol. The Labute approximate surface area is 433 Å². The van der Waals surface area contributed by atoms with Gasteiger partial charge in [0.15, 0.2) is 6.10 Å². The summed E-state index contributed by atoms with van der Waals surface area (Å²) in [6, 6.07) is 0. The molecule has 0 saturated carbocycles. The van der Waals surface area contributed by atoms with Crippen LogP contribution in [0, 0.1) is 0 Å². The van der Waals surface area contributed by atoms with Gasteiger partial charge in [0.2, 0.25) is 0 Å². The second kappa shape index (κ2) is 58.4. The molecule has 0 radical (unpaired) electrons. The van der Waals surface area contributed by atoms with Crippen molar-refractivity contribution in [3.63, 3.8) is 0 Å². The molecule has 0 heterocycles. The smallest absolute Gasteiger partial charge is 0.306 e. The number of hydrogen-bond acceptors (Lipinski definition) is 6. The van der Waals surface area contributed by atoms with Gasteiger partial charge in [0, 0.05) is 19.3 Å². The summed E-state index contributed by atoms with van der Waals surface area (Å²) in [4.78, 5) is 38.2. The van der Waals surface area contributed by atoms with E-state index in [-0.39, 0.29) is 31.1 Å². The van der Waals surface area contributed by atoms with Crippen LogP contribution < -0.4 is 0 Å². The Hall–Kier alpha value is -3.15. The molecule has 0 fully saturated rings. The minimum atomic E-state index is -0.793. The number of allylic oxidation sites excluding steroid dienone is 12. The molecule has 0 amide bonds. The van der Waals surface area contributed by atoms with Crippen LogP contribution >= 0.6 is 0 Å². The van der Waals surface area contributed by atoms with E-state index in [1.807, 2.05) is 0 Å². The summed E-state index contributed by atoms with van der Waals surface area (Å²) in [6.07, 6.45) is 74.6. The van der Waals surface area contributed by atoms with Gasteiger partial charge in [-0.1, -0.05) is 254 Å².